The third-order valence-electron chi connectivity index (χ3n) is 6.05. The van der Waals surface area contributed by atoms with Crippen molar-refractivity contribution in [2.24, 2.45) is 0 Å². The third kappa shape index (κ3) is 4.12. The average molecular weight is 425 g/mol. The Morgan fingerprint density at radius 3 is 2.48 bits per heavy atom. The second kappa shape index (κ2) is 8.41. The molecule has 3 heterocycles. The number of hydrogen-bond donors (Lipinski definition) is 3. The largest absolute Gasteiger partial charge is 0.497 e. The van der Waals surface area contributed by atoms with Gasteiger partial charge in [-0.1, -0.05) is 0 Å². The van der Waals surface area contributed by atoms with E-state index in [-0.39, 0.29) is 35.8 Å². The molecule has 1 fully saturated rings. The summed E-state index contributed by atoms with van der Waals surface area (Å²) < 4.78 is 5.12. The summed E-state index contributed by atoms with van der Waals surface area (Å²) in [6.07, 6.45) is 3.02. The molecule has 0 unspecified atom stereocenters. The van der Waals surface area contributed by atoms with Gasteiger partial charge in [0, 0.05) is 24.2 Å². The summed E-state index contributed by atoms with van der Waals surface area (Å²) in [7, 11) is 1.56. The number of methoxy groups -OCH3 is 1. The molecule has 4 rings (SSSR count). The van der Waals surface area contributed by atoms with Crippen LogP contribution in [0.5, 0.6) is 5.75 Å². The molecule has 0 bridgehead atoms. The van der Waals surface area contributed by atoms with Crippen molar-refractivity contribution >= 4 is 29.3 Å². The molecule has 0 spiro atoms. The van der Waals surface area contributed by atoms with Gasteiger partial charge in [0.15, 0.2) is 0 Å². The first-order valence-corrected chi connectivity index (χ1v) is 10.5. The molecule has 2 aromatic rings. The van der Waals surface area contributed by atoms with Gasteiger partial charge < -0.3 is 20.3 Å². The Hall–Kier alpha value is -3.36. The van der Waals surface area contributed by atoms with Crippen molar-refractivity contribution in [1.82, 2.24) is 9.97 Å². The SMILES string of the molecule is COc1ccc(NC(=O)[C@H]2CC(=O)Nc3nc(N4[C@H](C)CCC[C@@H]4C)[nH]c(=O)c32)cc1. The lowest BCUT2D eigenvalue weighted by atomic mass is 9.92. The standard InChI is InChI=1S/C22H27N5O4/c1-12-5-4-6-13(2)27(12)22-25-19-18(21(30)26-22)16(11-17(28)24-19)20(29)23-14-7-9-15(31-3)10-8-14/h7-10,12-13,16H,4-6,11H2,1-3H3,(H,23,29)(H2,24,25,26,28,30)/t12-,13+,16-/m0/s1. The van der Waals surface area contributed by atoms with Crippen molar-refractivity contribution in [3.8, 4) is 5.75 Å². The fourth-order valence-electron chi connectivity index (χ4n) is 4.45. The minimum atomic E-state index is -0.924. The number of nitrogens with zero attached hydrogens (tertiary/aromatic N) is 2. The molecular weight excluding hydrogens is 398 g/mol. The number of hydrogen-bond acceptors (Lipinski definition) is 6. The Morgan fingerprint density at radius 1 is 1.16 bits per heavy atom. The average Bonchev–Trinajstić information content (AvgIpc) is 2.73. The molecule has 0 saturated carbocycles. The van der Waals surface area contributed by atoms with Crippen LogP contribution in [0.25, 0.3) is 0 Å². The van der Waals surface area contributed by atoms with Crippen molar-refractivity contribution in [2.45, 2.75) is 57.5 Å². The van der Waals surface area contributed by atoms with E-state index in [1.54, 1.807) is 31.4 Å². The van der Waals surface area contributed by atoms with Gasteiger partial charge >= 0.3 is 0 Å². The van der Waals surface area contributed by atoms with Gasteiger partial charge in [0.1, 0.15) is 11.6 Å². The zero-order chi connectivity index (χ0) is 22.1. The maximum Gasteiger partial charge on any atom is 0.258 e. The van der Waals surface area contributed by atoms with Gasteiger partial charge in [-0.05, 0) is 57.4 Å². The first-order valence-electron chi connectivity index (χ1n) is 10.5. The van der Waals surface area contributed by atoms with E-state index in [2.05, 4.69) is 39.3 Å². The highest BCUT2D eigenvalue weighted by molar-refractivity contribution is 6.04. The number of piperidine rings is 1. The number of anilines is 3. The Balaban J connectivity index is 1.65. The van der Waals surface area contributed by atoms with E-state index in [0.717, 1.165) is 19.3 Å². The van der Waals surface area contributed by atoms with Crippen LogP contribution < -0.4 is 25.8 Å². The summed E-state index contributed by atoms with van der Waals surface area (Å²) in [5, 5.41) is 5.46. The molecule has 2 aliphatic heterocycles. The normalized spacial score (nSPS) is 23.0. The number of ether oxygens (including phenoxy) is 1. The number of carbonyl (C=O) groups is 2. The molecule has 2 amide bonds. The number of benzene rings is 1. The van der Waals surface area contributed by atoms with Crippen LogP contribution in [-0.4, -0.2) is 41.0 Å². The molecule has 0 radical (unpaired) electrons. The maximum absolute atomic E-state index is 13.0. The lowest BCUT2D eigenvalue weighted by Crippen LogP contribution is -2.46. The molecule has 9 heteroatoms. The predicted octanol–water partition coefficient (Wildman–Crippen LogP) is 2.61. The number of carbonyl (C=O) groups excluding carboxylic acids is 2. The van der Waals surface area contributed by atoms with Crippen LogP contribution in [0.3, 0.4) is 0 Å². The molecular formula is C22H27N5O4. The highest BCUT2D eigenvalue weighted by atomic mass is 16.5. The molecule has 164 valence electrons. The molecule has 3 N–H and O–H groups in total. The predicted molar refractivity (Wildman–Crippen MR) is 118 cm³/mol. The number of fused-ring (bicyclic) bond motifs is 1. The van der Waals surface area contributed by atoms with Crippen LogP contribution in [0, 0.1) is 0 Å². The minimum absolute atomic E-state index is 0.115. The number of aromatic nitrogens is 2. The number of amides is 2. The molecule has 1 saturated heterocycles. The molecule has 9 nitrogen and oxygen atoms in total. The van der Waals surface area contributed by atoms with E-state index in [9.17, 15) is 14.4 Å². The van der Waals surface area contributed by atoms with Crippen LogP contribution in [0.15, 0.2) is 29.1 Å². The van der Waals surface area contributed by atoms with E-state index in [1.807, 2.05) is 0 Å². The van der Waals surface area contributed by atoms with Gasteiger partial charge in [-0.3, -0.25) is 19.4 Å². The van der Waals surface area contributed by atoms with Crippen LogP contribution in [0.2, 0.25) is 0 Å². The van der Waals surface area contributed by atoms with E-state index in [0.29, 0.717) is 17.4 Å². The summed E-state index contributed by atoms with van der Waals surface area (Å²) in [6.45, 7) is 4.19. The number of H-pyrrole nitrogens is 1. The molecule has 1 aromatic carbocycles. The van der Waals surface area contributed by atoms with Crippen molar-refractivity contribution in [2.75, 3.05) is 22.6 Å². The van der Waals surface area contributed by atoms with E-state index in [1.165, 1.54) is 0 Å². The van der Waals surface area contributed by atoms with E-state index < -0.39 is 17.4 Å². The lowest BCUT2D eigenvalue weighted by molar-refractivity contribution is -0.123. The first kappa shape index (κ1) is 20.9. The van der Waals surface area contributed by atoms with Gasteiger partial charge in [-0.2, -0.15) is 4.98 Å². The Kier molecular flexibility index (Phi) is 5.67. The van der Waals surface area contributed by atoms with Gasteiger partial charge in [-0.25, -0.2) is 0 Å². The summed E-state index contributed by atoms with van der Waals surface area (Å²) in [4.78, 5) is 47.8. The third-order valence-corrected chi connectivity index (χ3v) is 6.05. The summed E-state index contributed by atoms with van der Waals surface area (Å²) in [6, 6.07) is 7.28. The zero-order valence-corrected chi connectivity index (χ0v) is 17.9. The lowest BCUT2D eigenvalue weighted by Gasteiger charge is -2.39. The van der Waals surface area contributed by atoms with E-state index in [4.69, 9.17) is 4.74 Å². The van der Waals surface area contributed by atoms with Crippen LogP contribution in [0.1, 0.15) is 51.0 Å². The van der Waals surface area contributed by atoms with Crippen molar-refractivity contribution in [3.63, 3.8) is 0 Å². The van der Waals surface area contributed by atoms with Crippen LogP contribution in [-0.2, 0) is 9.59 Å². The first-order chi connectivity index (χ1) is 14.9. The summed E-state index contributed by atoms with van der Waals surface area (Å²) >= 11 is 0. The van der Waals surface area contributed by atoms with Gasteiger partial charge in [0.25, 0.3) is 5.56 Å². The van der Waals surface area contributed by atoms with Gasteiger partial charge in [-0.15, -0.1) is 0 Å². The highest BCUT2D eigenvalue weighted by Gasteiger charge is 2.36. The Labute approximate surface area is 180 Å². The fraction of sp³-hybridized carbons (Fsp3) is 0.455. The number of aromatic amines is 1. The second-order valence-corrected chi connectivity index (χ2v) is 8.21. The highest BCUT2D eigenvalue weighted by Crippen LogP contribution is 2.32. The number of rotatable bonds is 4. The fourth-order valence-corrected chi connectivity index (χ4v) is 4.45. The Bertz CT molecular complexity index is 1040. The Morgan fingerprint density at radius 2 is 1.84 bits per heavy atom. The summed E-state index contributed by atoms with van der Waals surface area (Å²) in [5.74, 6) is -0.441. The minimum Gasteiger partial charge on any atom is -0.497 e. The molecule has 31 heavy (non-hydrogen) atoms. The van der Waals surface area contributed by atoms with Crippen LogP contribution >= 0.6 is 0 Å². The molecule has 3 atom stereocenters. The van der Waals surface area contributed by atoms with Crippen LogP contribution in [0.4, 0.5) is 17.5 Å². The van der Waals surface area contributed by atoms with Gasteiger partial charge in [0.2, 0.25) is 17.8 Å². The van der Waals surface area contributed by atoms with Crippen molar-refractivity contribution in [3.05, 3.63) is 40.2 Å². The summed E-state index contributed by atoms with van der Waals surface area (Å²) in [5.41, 5.74) is 0.335. The zero-order valence-electron chi connectivity index (χ0n) is 17.9. The molecule has 1 aromatic heterocycles. The smallest absolute Gasteiger partial charge is 0.258 e. The number of nitrogens with one attached hydrogen (secondary N) is 3. The second-order valence-electron chi connectivity index (χ2n) is 8.21. The van der Waals surface area contributed by atoms with Crippen molar-refractivity contribution < 1.29 is 14.3 Å². The quantitative estimate of drug-likeness (QED) is 0.693. The molecule has 0 aliphatic carbocycles. The van der Waals surface area contributed by atoms with Gasteiger partial charge in [0.05, 0.1) is 18.6 Å². The topological polar surface area (TPSA) is 116 Å². The van der Waals surface area contributed by atoms with E-state index >= 15 is 0 Å². The monoisotopic (exact) mass is 425 g/mol. The van der Waals surface area contributed by atoms with Crippen molar-refractivity contribution in [1.29, 1.82) is 0 Å². The maximum atomic E-state index is 13.0. The molecule has 2 aliphatic rings.